The lowest BCUT2D eigenvalue weighted by Crippen LogP contribution is -2.37. The Kier molecular flexibility index (Phi) is 7.75. The van der Waals surface area contributed by atoms with Crippen molar-refractivity contribution < 1.29 is 13.5 Å². The summed E-state index contributed by atoms with van der Waals surface area (Å²) in [7, 11) is 1.97. The molecular weight excluding hydrogens is 236 g/mol. The molecule has 0 saturated heterocycles. The molecule has 0 bridgehead atoms. The summed E-state index contributed by atoms with van der Waals surface area (Å²) in [5.74, 6) is 1.53. The smallest absolute Gasteiger partial charge is 0.261 e. The Morgan fingerprint density at radius 2 is 2.11 bits per heavy atom. The van der Waals surface area contributed by atoms with Crippen LogP contribution in [0.2, 0.25) is 0 Å². The Bertz CT molecular complexity index is 214. The molecule has 3 atom stereocenters. The Morgan fingerprint density at radius 1 is 1.33 bits per heavy atom. The second kappa shape index (κ2) is 8.81. The summed E-state index contributed by atoms with van der Waals surface area (Å²) in [6.07, 6.45) is 4.94. The normalized spacial score (nSPS) is 26.5. The highest BCUT2D eigenvalue weighted by atomic mass is 19.3. The number of hydrogen-bond donors (Lipinski definition) is 1. The fourth-order valence-electron chi connectivity index (χ4n) is 3.07. The number of nitrogens with one attached hydrogen (secondary N) is 1. The molecule has 2 nitrogen and oxygen atoms in total. The summed E-state index contributed by atoms with van der Waals surface area (Å²) >= 11 is 0. The highest BCUT2D eigenvalue weighted by Crippen LogP contribution is 2.33. The SMILES string of the molecule is CCC1CCCC(C(CCOCC(F)F)NC)C1. The van der Waals surface area contributed by atoms with Crippen LogP contribution in [-0.4, -0.2) is 32.7 Å². The molecule has 0 aliphatic heterocycles. The van der Waals surface area contributed by atoms with Gasteiger partial charge in [-0.15, -0.1) is 0 Å². The maximum Gasteiger partial charge on any atom is 0.261 e. The van der Waals surface area contributed by atoms with E-state index in [1.807, 2.05) is 7.05 Å². The predicted octanol–water partition coefficient (Wildman–Crippen LogP) is 3.46. The molecule has 0 heterocycles. The van der Waals surface area contributed by atoms with Crippen molar-refractivity contribution in [3.63, 3.8) is 0 Å². The Labute approximate surface area is 109 Å². The van der Waals surface area contributed by atoms with Crippen LogP contribution in [0.3, 0.4) is 0 Å². The highest BCUT2D eigenvalue weighted by Gasteiger charge is 2.26. The average molecular weight is 263 g/mol. The molecule has 3 unspecified atom stereocenters. The van der Waals surface area contributed by atoms with Crippen molar-refractivity contribution >= 4 is 0 Å². The van der Waals surface area contributed by atoms with Crippen molar-refractivity contribution in [2.75, 3.05) is 20.3 Å². The Balaban J connectivity index is 2.26. The summed E-state index contributed by atoms with van der Waals surface area (Å²) in [5.41, 5.74) is 0. The molecule has 108 valence electrons. The third-order valence-corrected chi connectivity index (χ3v) is 4.16. The van der Waals surface area contributed by atoms with Crippen LogP contribution >= 0.6 is 0 Å². The van der Waals surface area contributed by atoms with Crippen LogP contribution in [0.5, 0.6) is 0 Å². The second-order valence-electron chi connectivity index (χ2n) is 5.35. The molecule has 0 amide bonds. The highest BCUT2D eigenvalue weighted by molar-refractivity contribution is 4.81. The average Bonchev–Trinajstić information content (AvgIpc) is 2.38. The lowest BCUT2D eigenvalue weighted by Gasteiger charge is -2.34. The molecule has 0 radical (unpaired) electrons. The van der Waals surface area contributed by atoms with Crippen molar-refractivity contribution in [2.45, 2.75) is 57.9 Å². The van der Waals surface area contributed by atoms with Crippen molar-refractivity contribution in [1.82, 2.24) is 5.32 Å². The number of hydrogen-bond acceptors (Lipinski definition) is 2. The first-order valence-corrected chi connectivity index (χ1v) is 7.20. The third-order valence-electron chi connectivity index (χ3n) is 4.16. The zero-order valence-corrected chi connectivity index (χ0v) is 11.6. The zero-order chi connectivity index (χ0) is 13.4. The molecule has 1 N–H and O–H groups in total. The van der Waals surface area contributed by atoms with Crippen LogP contribution in [0.15, 0.2) is 0 Å². The van der Waals surface area contributed by atoms with E-state index in [0.29, 0.717) is 18.6 Å². The van der Waals surface area contributed by atoms with Gasteiger partial charge in [-0.1, -0.05) is 26.2 Å². The van der Waals surface area contributed by atoms with Crippen molar-refractivity contribution in [1.29, 1.82) is 0 Å². The van der Waals surface area contributed by atoms with Gasteiger partial charge in [0.05, 0.1) is 0 Å². The molecule has 0 spiro atoms. The van der Waals surface area contributed by atoms with Crippen LogP contribution in [0.25, 0.3) is 0 Å². The summed E-state index contributed by atoms with van der Waals surface area (Å²) in [6.45, 7) is 2.26. The topological polar surface area (TPSA) is 21.3 Å². The molecule has 0 aromatic carbocycles. The fraction of sp³-hybridized carbons (Fsp3) is 1.00. The van der Waals surface area contributed by atoms with E-state index in [4.69, 9.17) is 4.74 Å². The van der Waals surface area contributed by atoms with Crippen molar-refractivity contribution in [2.24, 2.45) is 11.8 Å². The van der Waals surface area contributed by atoms with Gasteiger partial charge in [-0.25, -0.2) is 8.78 Å². The zero-order valence-electron chi connectivity index (χ0n) is 11.6. The van der Waals surface area contributed by atoms with Gasteiger partial charge in [0, 0.05) is 12.6 Å². The molecule has 18 heavy (non-hydrogen) atoms. The van der Waals surface area contributed by atoms with Crippen molar-refractivity contribution in [3.05, 3.63) is 0 Å². The van der Waals surface area contributed by atoms with Gasteiger partial charge in [0.25, 0.3) is 6.43 Å². The Morgan fingerprint density at radius 3 is 2.72 bits per heavy atom. The quantitative estimate of drug-likeness (QED) is 0.677. The molecule has 4 heteroatoms. The van der Waals surface area contributed by atoms with E-state index < -0.39 is 13.0 Å². The molecule has 1 saturated carbocycles. The van der Waals surface area contributed by atoms with Crippen LogP contribution in [0.1, 0.15) is 45.4 Å². The predicted molar refractivity (Wildman–Crippen MR) is 70.0 cm³/mol. The maximum absolute atomic E-state index is 12.0. The first-order chi connectivity index (χ1) is 8.67. The van der Waals surface area contributed by atoms with Gasteiger partial charge in [-0.2, -0.15) is 0 Å². The van der Waals surface area contributed by atoms with Crippen LogP contribution in [0, 0.1) is 11.8 Å². The molecule has 1 aliphatic carbocycles. The van der Waals surface area contributed by atoms with E-state index in [1.54, 1.807) is 0 Å². The van der Waals surface area contributed by atoms with E-state index in [9.17, 15) is 8.78 Å². The molecule has 0 aromatic heterocycles. The van der Waals surface area contributed by atoms with Gasteiger partial charge in [-0.05, 0) is 38.1 Å². The summed E-state index contributed by atoms with van der Waals surface area (Å²) in [5, 5.41) is 3.34. The lowest BCUT2D eigenvalue weighted by molar-refractivity contribution is 0.0118. The first kappa shape index (κ1) is 15.8. The number of halogens is 2. The molecular formula is C14H27F2NO. The standard InChI is InChI=1S/C14H27F2NO/c1-3-11-5-4-6-12(9-11)13(17-2)7-8-18-10-14(15)16/h11-14,17H,3-10H2,1-2H3. The molecule has 0 aromatic rings. The van der Waals surface area contributed by atoms with Gasteiger partial charge in [0.1, 0.15) is 6.61 Å². The Hall–Kier alpha value is -0.220. The largest absolute Gasteiger partial charge is 0.375 e. The second-order valence-corrected chi connectivity index (χ2v) is 5.35. The van der Waals surface area contributed by atoms with Gasteiger partial charge in [-0.3, -0.25) is 0 Å². The van der Waals surface area contributed by atoms with Crippen LogP contribution in [0.4, 0.5) is 8.78 Å². The van der Waals surface area contributed by atoms with E-state index >= 15 is 0 Å². The molecule has 1 rings (SSSR count). The molecule has 1 aliphatic rings. The summed E-state index contributed by atoms with van der Waals surface area (Å²) in [6, 6.07) is 0.414. The lowest BCUT2D eigenvalue weighted by atomic mass is 9.76. The van der Waals surface area contributed by atoms with E-state index in [-0.39, 0.29) is 0 Å². The van der Waals surface area contributed by atoms with Crippen molar-refractivity contribution in [3.8, 4) is 0 Å². The summed E-state index contributed by atoms with van der Waals surface area (Å²) in [4.78, 5) is 0. The van der Waals surface area contributed by atoms with E-state index in [1.165, 1.54) is 32.1 Å². The minimum Gasteiger partial charge on any atom is -0.375 e. The van der Waals surface area contributed by atoms with Gasteiger partial charge in [0.2, 0.25) is 0 Å². The van der Waals surface area contributed by atoms with Crippen LogP contribution < -0.4 is 5.32 Å². The minimum absolute atomic E-state index is 0.414. The maximum atomic E-state index is 12.0. The first-order valence-electron chi connectivity index (χ1n) is 7.20. The van der Waals surface area contributed by atoms with Gasteiger partial charge >= 0.3 is 0 Å². The monoisotopic (exact) mass is 263 g/mol. The van der Waals surface area contributed by atoms with Gasteiger partial charge < -0.3 is 10.1 Å². The third kappa shape index (κ3) is 5.61. The van der Waals surface area contributed by atoms with E-state index in [0.717, 1.165) is 12.3 Å². The number of ether oxygens (including phenoxy) is 1. The minimum atomic E-state index is -2.35. The fourth-order valence-corrected chi connectivity index (χ4v) is 3.07. The van der Waals surface area contributed by atoms with E-state index in [2.05, 4.69) is 12.2 Å². The number of rotatable bonds is 8. The van der Waals surface area contributed by atoms with Crippen LogP contribution in [-0.2, 0) is 4.74 Å². The molecule has 1 fully saturated rings. The van der Waals surface area contributed by atoms with Gasteiger partial charge in [0.15, 0.2) is 0 Å². The number of alkyl halides is 2. The summed E-state index contributed by atoms with van der Waals surface area (Å²) < 4.78 is 28.9.